The van der Waals surface area contributed by atoms with Gasteiger partial charge in [0.15, 0.2) is 5.78 Å². The number of ketones is 1. The number of carbonyl (C=O) groups is 1. The first-order valence-electron chi connectivity index (χ1n) is 8.63. The van der Waals surface area contributed by atoms with Crippen LogP contribution < -0.4 is 5.32 Å². The van der Waals surface area contributed by atoms with Gasteiger partial charge in [-0.15, -0.1) is 0 Å². The molecule has 0 spiro atoms. The van der Waals surface area contributed by atoms with E-state index in [0.29, 0.717) is 5.92 Å². The van der Waals surface area contributed by atoms with Crippen molar-refractivity contribution in [1.29, 1.82) is 0 Å². The van der Waals surface area contributed by atoms with Crippen molar-refractivity contribution in [1.82, 2.24) is 5.32 Å². The fourth-order valence-corrected chi connectivity index (χ4v) is 2.96. The second-order valence-electron chi connectivity index (χ2n) is 6.67. The van der Waals surface area contributed by atoms with Gasteiger partial charge in [0.1, 0.15) is 0 Å². The van der Waals surface area contributed by atoms with Crippen molar-refractivity contribution < 1.29 is 4.79 Å². The summed E-state index contributed by atoms with van der Waals surface area (Å²) in [7, 11) is 0. The molecule has 1 aromatic rings. The molecule has 1 N–H and O–H groups in total. The van der Waals surface area contributed by atoms with Gasteiger partial charge in [-0.3, -0.25) is 4.79 Å². The molecule has 0 fully saturated rings. The van der Waals surface area contributed by atoms with E-state index in [1.807, 2.05) is 19.1 Å². The molecular formula is C20H29NO. The lowest BCUT2D eigenvalue weighted by Crippen LogP contribution is -2.34. The van der Waals surface area contributed by atoms with Crippen molar-refractivity contribution in [2.75, 3.05) is 6.54 Å². The number of hydrogen-bond donors (Lipinski definition) is 1. The predicted octanol–water partition coefficient (Wildman–Crippen LogP) is 4.86. The summed E-state index contributed by atoms with van der Waals surface area (Å²) in [5.74, 6) is 0.691. The third-order valence-electron chi connectivity index (χ3n) is 4.54. The van der Waals surface area contributed by atoms with E-state index >= 15 is 0 Å². The van der Waals surface area contributed by atoms with Gasteiger partial charge in [0, 0.05) is 5.56 Å². The standard InChI is InChI=1S/C20H29NO/c1-15(2)18-9-11-19(12-10-18)20(22)16(3)21-14-13-17-7-5-4-6-8-17/h7,9-12,15-16,21H,4-6,8,13-14H2,1-3H3. The lowest BCUT2D eigenvalue weighted by Gasteiger charge is -2.16. The molecular weight excluding hydrogens is 270 g/mol. The average Bonchev–Trinajstić information content (AvgIpc) is 2.55. The Bertz CT molecular complexity index is 513. The second kappa shape index (κ2) is 8.28. The van der Waals surface area contributed by atoms with E-state index in [-0.39, 0.29) is 11.8 Å². The SMILES string of the molecule is CC(NCCC1=CCCCC1)C(=O)c1ccc(C(C)C)cc1. The molecule has 0 heterocycles. The van der Waals surface area contributed by atoms with Crippen molar-refractivity contribution in [3.05, 3.63) is 47.0 Å². The molecule has 120 valence electrons. The summed E-state index contributed by atoms with van der Waals surface area (Å²) < 4.78 is 0. The zero-order valence-corrected chi connectivity index (χ0v) is 14.2. The summed E-state index contributed by atoms with van der Waals surface area (Å²) in [6, 6.07) is 7.93. The highest BCUT2D eigenvalue weighted by Crippen LogP contribution is 2.19. The molecule has 22 heavy (non-hydrogen) atoms. The first-order chi connectivity index (χ1) is 10.6. The first kappa shape index (κ1) is 17.0. The monoisotopic (exact) mass is 299 g/mol. The Labute approximate surface area is 135 Å². The first-order valence-corrected chi connectivity index (χ1v) is 8.63. The van der Waals surface area contributed by atoms with Crippen molar-refractivity contribution >= 4 is 5.78 Å². The summed E-state index contributed by atoms with van der Waals surface area (Å²) >= 11 is 0. The third-order valence-corrected chi connectivity index (χ3v) is 4.54. The number of allylic oxidation sites excluding steroid dienone is 1. The number of Topliss-reactive ketones (excluding diaryl/α,β-unsaturated/α-hetero) is 1. The number of benzene rings is 1. The molecule has 1 aliphatic carbocycles. The Morgan fingerprint density at radius 3 is 2.45 bits per heavy atom. The van der Waals surface area contributed by atoms with Crippen molar-refractivity contribution in [2.45, 2.75) is 64.8 Å². The van der Waals surface area contributed by atoms with Gasteiger partial charge in [-0.25, -0.2) is 0 Å². The highest BCUT2D eigenvalue weighted by Gasteiger charge is 2.15. The lowest BCUT2D eigenvalue weighted by molar-refractivity contribution is 0.0951. The summed E-state index contributed by atoms with van der Waals surface area (Å²) in [5, 5.41) is 3.38. The van der Waals surface area contributed by atoms with E-state index in [4.69, 9.17) is 0 Å². The Morgan fingerprint density at radius 2 is 1.86 bits per heavy atom. The summed E-state index contributed by atoms with van der Waals surface area (Å²) in [6.45, 7) is 7.19. The van der Waals surface area contributed by atoms with Crippen LogP contribution in [0.5, 0.6) is 0 Å². The third kappa shape index (κ3) is 4.81. The Hall–Kier alpha value is -1.41. The Kier molecular flexibility index (Phi) is 6.38. The number of rotatable bonds is 7. The van der Waals surface area contributed by atoms with Gasteiger partial charge in [0.05, 0.1) is 6.04 Å². The van der Waals surface area contributed by atoms with E-state index in [1.54, 1.807) is 5.57 Å². The van der Waals surface area contributed by atoms with E-state index in [1.165, 1.54) is 31.2 Å². The molecule has 1 unspecified atom stereocenters. The summed E-state index contributed by atoms with van der Waals surface area (Å²) in [6.07, 6.45) is 8.57. The summed E-state index contributed by atoms with van der Waals surface area (Å²) in [5.41, 5.74) is 3.64. The fraction of sp³-hybridized carbons (Fsp3) is 0.550. The van der Waals surface area contributed by atoms with Crippen LogP contribution >= 0.6 is 0 Å². The molecule has 0 amide bonds. The maximum atomic E-state index is 12.4. The fourth-order valence-electron chi connectivity index (χ4n) is 2.96. The molecule has 0 saturated carbocycles. The van der Waals surface area contributed by atoms with Crippen LogP contribution in [0.2, 0.25) is 0 Å². The smallest absolute Gasteiger partial charge is 0.179 e. The van der Waals surface area contributed by atoms with Crippen LogP contribution in [0, 0.1) is 0 Å². The van der Waals surface area contributed by atoms with E-state index in [0.717, 1.165) is 18.5 Å². The minimum absolute atomic E-state index is 0.117. The van der Waals surface area contributed by atoms with Gasteiger partial charge in [0.2, 0.25) is 0 Å². The van der Waals surface area contributed by atoms with Crippen LogP contribution in [0.15, 0.2) is 35.9 Å². The molecule has 1 aliphatic rings. The normalized spacial score (nSPS) is 16.5. The van der Waals surface area contributed by atoms with Gasteiger partial charge >= 0.3 is 0 Å². The molecule has 2 rings (SSSR count). The van der Waals surface area contributed by atoms with E-state index in [9.17, 15) is 4.79 Å². The molecule has 0 bridgehead atoms. The van der Waals surface area contributed by atoms with Gasteiger partial charge < -0.3 is 5.32 Å². The molecule has 1 aromatic carbocycles. The van der Waals surface area contributed by atoms with Gasteiger partial charge in [-0.2, -0.15) is 0 Å². The molecule has 2 heteroatoms. The topological polar surface area (TPSA) is 29.1 Å². The Morgan fingerprint density at radius 1 is 1.14 bits per heavy atom. The quantitative estimate of drug-likeness (QED) is 0.575. The van der Waals surface area contributed by atoms with Crippen LogP contribution in [-0.4, -0.2) is 18.4 Å². The number of nitrogens with one attached hydrogen (secondary N) is 1. The van der Waals surface area contributed by atoms with Gasteiger partial charge in [-0.1, -0.05) is 49.8 Å². The maximum absolute atomic E-state index is 12.4. The van der Waals surface area contributed by atoms with Gasteiger partial charge in [0.25, 0.3) is 0 Å². The van der Waals surface area contributed by atoms with Crippen molar-refractivity contribution in [2.24, 2.45) is 0 Å². The highest BCUT2D eigenvalue weighted by atomic mass is 16.1. The van der Waals surface area contributed by atoms with Crippen LogP contribution in [0.3, 0.4) is 0 Å². The number of carbonyl (C=O) groups excluding carboxylic acids is 1. The van der Waals surface area contributed by atoms with Crippen molar-refractivity contribution in [3.8, 4) is 0 Å². The van der Waals surface area contributed by atoms with Gasteiger partial charge in [-0.05, 0) is 57.1 Å². The minimum atomic E-state index is -0.117. The highest BCUT2D eigenvalue weighted by molar-refractivity contribution is 5.99. The number of hydrogen-bond acceptors (Lipinski definition) is 2. The zero-order chi connectivity index (χ0) is 15.9. The minimum Gasteiger partial charge on any atom is -0.307 e. The zero-order valence-electron chi connectivity index (χ0n) is 14.2. The maximum Gasteiger partial charge on any atom is 0.179 e. The second-order valence-corrected chi connectivity index (χ2v) is 6.67. The average molecular weight is 299 g/mol. The molecule has 0 aromatic heterocycles. The van der Waals surface area contributed by atoms with Crippen LogP contribution in [0.4, 0.5) is 0 Å². The Balaban J connectivity index is 1.82. The molecule has 0 saturated heterocycles. The molecule has 1 atom stereocenters. The van der Waals surface area contributed by atoms with E-state index < -0.39 is 0 Å². The largest absolute Gasteiger partial charge is 0.307 e. The predicted molar refractivity (Wildman–Crippen MR) is 93.5 cm³/mol. The van der Waals surface area contributed by atoms with Crippen LogP contribution in [0.25, 0.3) is 0 Å². The van der Waals surface area contributed by atoms with Crippen LogP contribution in [-0.2, 0) is 0 Å². The molecule has 2 nitrogen and oxygen atoms in total. The molecule has 0 aliphatic heterocycles. The van der Waals surface area contributed by atoms with Crippen LogP contribution in [0.1, 0.15) is 74.7 Å². The summed E-state index contributed by atoms with van der Waals surface area (Å²) in [4.78, 5) is 12.4. The molecule has 0 radical (unpaired) electrons. The lowest BCUT2D eigenvalue weighted by atomic mass is 9.97. The van der Waals surface area contributed by atoms with Crippen molar-refractivity contribution in [3.63, 3.8) is 0 Å². The van der Waals surface area contributed by atoms with E-state index in [2.05, 4.69) is 37.4 Å².